The zero-order valence-corrected chi connectivity index (χ0v) is 15.7. The molecule has 124 valence electrons. The van der Waals surface area contributed by atoms with Gasteiger partial charge in [0.25, 0.3) is 0 Å². The van der Waals surface area contributed by atoms with E-state index in [4.69, 9.17) is 16.3 Å². The Morgan fingerprint density at radius 2 is 2.29 bits per heavy atom. The van der Waals surface area contributed by atoms with Gasteiger partial charge in [-0.3, -0.25) is 4.57 Å². The van der Waals surface area contributed by atoms with Gasteiger partial charge in [-0.2, -0.15) is 9.97 Å². The van der Waals surface area contributed by atoms with E-state index in [0.717, 1.165) is 19.4 Å². The zero-order chi connectivity index (χ0) is 16.5. The fourth-order valence-electron chi connectivity index (χ4n) is 2.84. The van der Waals surface area contributed by atoms with Crippen LogP contribution in [0.5, 0.6) is 0 Å². The third-order valence-electron chi connectivity index (χ3n) is 3.96. The van der Waals surface area contributed by atoms with E-state index in [2.05, 4.69) is 61.1 Å². The van der Waals surface area contributed by atoms with Gasteiger partial charge < -0.3 is 10.1 Å². The molecule has 1 aromatic carbocycles. The van der Waals surface area contributed by atoms with Crippen molar-refractivity contribution in [3.8, 4) is 0 Å². The van der Waals surface area contributed by atoms with Crippen LogP contribution in [-0.4, -0.2) is 26.1 Å². The van der Waals surface area contributed by atoms with E-state index in [9.17, 15) is 0 Å². The lowest BCUT2D eigenvalue weighted by Gasteiger charge is -2.12. The molecule has 0 radical (unpaired) electrons. The summed E-state index contributed by atoms with van der Waals surface area (Å²) in [5, 5.41) is 3.52. The van der Waals surface area contributed by atoms with E-state index >= 15 is 0 Å². The van der Waals surface area contributed by atoms with Crippen LogP contribution in [0.4, 0.5) is 5.82 Å². The number of nitrogens with zero attached hydrogens (tertiary/aromatic N) is 4. The molecule has 0 unspecified atom stereocenters. The fourth-order valence-corrected chi connectivity index (χ4v) is 3.61. The van der Waals surface area contributed by atoms with Crippen molar-refractivity contribution < 1.29 is 4.74 Å². The maximum absolute atomic E-state index is 6.12. The molecule has 3 aromatic rings. The Hall–Kier alpha value is -1.45. The third-order valence-corrected chi connectivity index (χ3v) is 4.80. The summed E-state index contributed by atoms with van der Waals surface area (Å²) in [6, 6.07) is 8.29. The number of halogens is 2. The Kier molecular flexibility index (Phi) is 4.55. The number of anilines is 1. The second kappa shape index (κ2) is 6.81. The standard InChI is InChI=1S/C16H15ClIN5O/c17-16-21-14(19-8-10-3-1-4-11(18)7-10)13-15(22-16)23(9-20-13)12-5-2-6-24-12/h1,3-4,7,9,12H,2,5-6,8H2,(H,19,21,22)/t12-/m0/s1. The topological polar surface area (TPSA) is 64.9 Å². The molecule has 1 aliphatic rings. The minimum Gasteiger partial charge on any atom is -0.364 e. The highest BCUT2D eigenvalue weighted by atomic mass is 127. The predicted octanol–water partition coefficient (Wildman–Crippen LogP) is 4.01. The van der Waals surface area contributed by atoms with Gasteiger partial charge in [0.05, 0.1) is 6.33 Å². The number of nitrogens with one attached hydrogen (secondary N) is 1. The summed E-state index contributed by atoms with van der Waals surface area (Å²) >= 11 is 8.42. The van der Waals surface area contributed by atoms with Crippen LogP contribution in [0.1, 0.15) is 24.6 Å². The van der Waals surface area contributed by atoms with E-state index in [-0.39, 0.29) is 11.5 Å². The van der Waals surface area contributed by atoms with Crippen molar-refractivity contribution in [3.63, 3.8) is 0 Å². The third kappa shape index (κ3) is 3.20. The van der Waals surface area contributed by atoms with Crippen LogP contribution in [0.2, 0.25) is 5.28 Å². The molecule has 1 fully saturated rings. The summed E-state index contributed by atoms with van der Waals surface area (Å²) in [6.45, 7) is 1.41. The van der Waals surface area contributed by atoms with Gasteiger partial charge in [-0.1, -0.05) is 12.1 Å². The molecule has 1 N–H and O–H groups in total. The van der Waals surface area contributed by atoms with Gasteiger partial charge in [0.1, 0.15) is 6.23 Å². The highest BCUT2D eigenvalue weighted by molar-refractivity contribution is 14.1. The second-order valence-electron chi connectivity index (χ2n) is 5.62. The van der Waals surface area contributed by atoms with Crippen LogP contribution < -0.4 is 5.32 Å². The first-order valence-electron chi connectivity index (χ1n) is 7.71. The normalized spacial score (nSPS) is 17.5. The molecule has 6 nitrogen and oxygen atoms in total. The maximum atomic E-state index is 6.12. The second-order valence-corrected chi connectivity index (χ2v) is 7.20. The van der Waals surface area contributed by atoms with E-state index < -0.39 is 0 Å². The van der Waals surface area contributed by atoms with Gasteiger partial charge in [0.2, 0.25) is 5.28 Å². The van der Waals surface area contributed by atoms with Crippen molar-refractivity contribution >= 4 is 51.2 Å². The Labute approximate surface area is 157 Å². The molecule has 24 heavy (non-hydrogen) atoms. The van der Waals surface area contributed by atoms with Crippen LogP contribution in [0, 0.1) is 3.57 Å². The zero-order valence-electron chi connectivity index (χ0n) is 12.7. The first kappa shape index (κ1) is 16.0. The monoisotopic (exact) mass is 455 g/mol. The van der Waals surface area contributed by atoms with Crippen LogP contribution >= 0.6 is 34.2 Å². The molecule has 1 atom stereocenters. The fraction of sp³-hybridized carbons (Fsp3) is 0.312. The van der Waals surface area contributed by atoms with E-state index in [1.807, 2.05) is 10.6 Å². The number of fused-ring (bicyclic) bond motifs is 1. The van der Waals surface area contributed by atoms with Gasteiger partial charge >= 0.3 is 0 Å². The SMILES string of the molecule is Clc1nc(NCc2cccc(I)c2)c2ncn([C@@H]3CCCO3)c2n1. The number of rotatable bonds is 4. The van der Waals surface area contributed by atoms with Gasteiger partial charge in [-0.05, 0) is 64.7 Å². The molecule has 0 amide bonds. The number of aromatic nitrogens is 4. The number of hydrogen-bond acceptors (Lipinski definition) is 5. The highest BCUT2D eigenvalue weighted by Crippen LogP contribution is 2.29. The smallest absolute Gasteiger partial charge is 0.226 e. The van der Waals surface area contributed by atoms with E-state index in [1.165, 1.54) is 9.13 Å². The molecule has 0 aliphatic carbocycles. The van der Waals surface area contributed by atoms with Crippen molar-refractivity contribution in [3.05, 3.63) is 45.0 Å². The summed E-state index contributed by atoms with van der Waals surface area (Å²) in [5.74, 6) is 0.639. The van der Waals surface area contributed by atoms with Gasteiger partial charge in [0, 0.05) is 16.7 Å². The lowest BCUT2D eigenvalue weighted by Crippen LogP contribution is -2.08. The lowest BCUT2D eigenvalue weighted by atomic mass is 10.2. The number of benzene rings is 1. The number of ether oxygens (including phenoxy) is 1. The Morgan fingerprint density at radius 3 is 3.08 bits per heavy atom. The summed E-state index contributed by atoms with van der Waals surface area (Å²) in [4.78, 5) is 13.1. The maximum Gasteiger partial charge on any atom is 0.226 e. The molecule has 0 spiro atoms. The summed E-state index contributed by atoms with van der Waals surface area (Å²) in [5.41, 5.74) is 2.58. The van der Waals surface area contributed by atoms with Gasteiger partial charge in [0.15, 0.2) is 17.0 Å². The van der Waals surface area contributed by atoms with Crippen LogP contribution in [0.15, 0.2) is 30.6 Å². The van der Waals surface area contributed by atoms with Crippen molar-refractivity contribution in [1.29, 1.82) is 0 Å². The molecule has 0 saturated carbocycles. The van der Waals surface area contributed by atoms with Crippen LogP contribution in [0.25, 0.3) is 11.2 Å². The van der Waals surface area contributed by atoms with Crippen molar-refractivity contribution in [2.24, 2.45) is 0 Å². The first-order valence-corrected chi connectivity index (χ1v) is 9.16. The summed E-state index contributed by atoms with van der Waals surface area (Å²) in [6.07, 6.45) is 3.73. The largest absolute Gasteiger partial charge is 0.364 e. The van der Waals surface area contributed by atoms with Crippen LogP contribution in [-0.2, 0) is 11.3 Å². The molecule has 2 aromatic heterocycles. The highest BCUT2D eigenvalue weighted by Gasteiger charge is 2.22. The predicted molar refractivity (Wildman–Crippen MR) is 101 cm³/mol. The lowest BCUT2D eigenvalue weighted by molar-refractivity contribution is 0.0593. The minimum atomic E-state index is -0.0236. The minimum absolute atomic E-state index is 0.0236. The van der Waals surface area contributed by atoms with E-state index in [1.54, 1.807) is 6.33 Å². The Balaban J connectivity index is 1.65. The number of hydrogen-bond donors (Lipinski definition) is 1. The first-order chi connectivity index (χ1) is 11.7. The summed E-state index contributed by atoms with van der Waals surface area (Å²) < 4.78 is 8.86. The Morgan fingerprint density at radius 1 is 1.38 bits per heavy atom. The van der Waals surface area contributed by atoms with Gasteiger partial charge in [-0.25, -0.2) is 4.98 Å². The van der Waals surface area contributed by atoms with Crippen molar-refractivity contribution in [1.82, 2.24) is 19.5 Å². The molecular formula is C16H15ClIN5O. The molecule has 8 heteroatoms. The molecule has 0 bridgehead atoms. The molecular weight excluding hydrogens is 441 g/mol. The molecule has 1 saturated heterocycles. The number of imidazole rings is 1. The van der Waals surface area contributed by atoms with Crippen LogP contribution in [0.3, 0.4) is 0 Å². The Bertz CT molecular complexity index is 878. The summed E-state index contributed by atoms with van der Waals surface area (Å²) in [7, 11) is 0. The average molecular weight is 456 g/mol. The quantitative estimate of drug-likeness (QED) is 0.476. The van der Waals surface area contributed by atoms with E-state index in [0.29, 0.717) is 23.5 Å². The van der Waals surface area contributed by atoms with Crippen molar-refractivity contribution in [2.75, 3.05) is 11.9 Å². The molecule has 4 rings (SSSR count). The molecule has 1 aliphatic heterocycles. The average Bonchev–Trinajstić information content (AvgIpc) is 3.21. The molecule has 3 heterocycles. The van der Waals surface area contributed by atoms with Crippen molar-refractivity contribution in [2.45, 2.75) is 25.6 Å². The van der Waals surface area contributed by atoms with Gasteiger partial charge in [-0.15, -0.1) is 0 Å².